The lowest BCUT2D eigenvalue weighted by Gasteiger charge is -2.16. The van der Waals surface area contributed by atoms with E-state index in [9.17, 15) is 10.0 Å². The maximum absolute atomic E-state index is 11.1. The molecule has 1 aromatic rings. The molecule has 126 valence electrons. The number of hydrogen-bond acceptors (Lipinski definition) is 4. The van der Waals surface area contributed by atoms with E-state index in [4.69, 9.17) is 9.84 Å². The van der Waals surface area contributed by atoms with Gasteiger partial charge in [-0.15, -0.1) is 0 Å². The molecule has 2 N–H and O–H groups in total. The zero-order valence-corrected chi connectivity index (χ0v) is 13.8. The molecule has 0 spiro atoms. The minimum atomic E-state index is -0.963. The fourth-order valence-electron chi connectivity index (χ4n) is 3.13. The summed E-state index contributed by atoms with van der Waals surface area (Å²) in [7, 11) is 0. The lowest BCUT2D eigenvalue weighted by molar-refractivity contribution is -0.145. The molecule has 1 aromatic carbocycles. The molecule has 1 atom stereocenters. The van der Waals surface area contributed by atoms with Crippen molar-refractivity contribution < 1.29 is 19.8 Å². The molecular formula is C18H25NO4. The van der Waals surface area contributed by atoms with E-state index < -0.39 is 12.1 Å². The van der Waals surface area contributed by atoms with E-state index in [0.717, 1.165) is 17.5 Å². The molecule has 2 rings (SSSR count). The summed E-state index contributed by atoms with van der Waals surface area (Å²) >= 11 is 0. The minimum Gasteiger partial charge on any atom is -0.479 e. The van der Waals surface area contributed by atoms with Gasteiger partial charge in [-0.2, -0.15) is 0 Å². The molecule has 1 unspecified atom stereocenters. The van der Waals surface area contributed by atoms with Crippen LogP contribution in [-0.2, 0) is 4.79 Å². The van der Waals surface area contributed by atoms with Crippen molar-refractivity contribution >= 4 is 11.7 Å². The number of hydrogen-bond donors (Lipinski definition) is 2. The number of ether oxygens (including phenoxy) is 1. The summed E-state index contributed by atoms with van der Waals surface area (Å²) < 4.78 is 5.56. The molecule has 0 heterocycles. The Morgan fingerprint density at radius 2 is 2.09 bits per heavy atom. The summed E-state index contributed by atoms with van der Waals surface area (Å²) in [6.07, 6.45) is 5.23. The van der Waals surface area contributed by atoms with Gasteiger partial charge in [-0.25, -0.2) is 4.79 Å². The van der Waals surface area contributed by atoms with Crippen molar-refractivity contribution in [2.24, 2.45) is 11.1 Å². The highest BCUT2D eigenvalue weighted by molar-refractivity contribution is 6.00. The van der Waals surface area contributed by atoms with Crippen LogP contribution in [0.4, 0.5) is 0 Å². The summed E-state index contributed by atoms with van der Waals surface area (Å²) in [5.74, 6) is 0.185. The van der Waals surface area contributed by atoms with Crippen LogP contribution in [0, 0.1) is 12.8 Å². The van der Waals surface area contributed by atoms with Gasteiger partial charge in [0, 0.05) is 0 Å². The molecule has 0 bridgehead atoms. The third-order valence-electron chi connectivity index (χ3n) is 4.50. The Morgan fingerprint density at radius 1 is 1.39 bits per heavy atom. The minimum absolute atomic E-state index is 0.404. The van der Waals surface area contributed by atoms with Crippen LogP contribution in [-0.4, -0.2) is 28.1 Å². The second-order valence-electron chi connectivity index (χ2n) is 6.23. The second kappa shape index (κ2) is 7.99. The lowest BCUT2D eigenvalue weighted by atomic mass is 9.95. The summed E-state index contributed by atoms with van der Waals surface area (Å²) in [4.78, 5) is 11.1. The highest BCUT2D eigenvalue weighted by Gasteiger charge is 2.20. The van der Waals surface area contributed by atoms with Gasteiger partial charge in [0.2, 0.25) is 0 Å². The number of aliphatic carboxylic acids is 1. The first-order valence-electron chi connectivity index (χ1n) is 8.26. The molecule has 23 heavy (non-hydrogen) atoms. The van der Waals surface area contributed by atoms with Gasteiger partial charge >= 0.3 is 5.97 Å². The molecule has 1 fully saturated rings. The fourth-order valence-corrected chi connectivity index (χ4v) is 3.13. The molecule has 1 aliphatic carbocycles. The first-order chi connectivity index (χ1) is 11.0. The largest absolute Gasteiger partial charge is 0.479 e. The van der Waals surface area contributed by atoms with Crippen LogP contribution in [0.1, 0.15) is 56.6 Å². The molecule has 0 radical (unpaired) electrons. The SMILES string of the molecule is CCC(Oc1ccc(/C(CC2CCCC2)=N/O)cc1C)C(=O)O. The van der Waals surface area contributed by atoms with Crippen LogP contribution < -0.4 is 4.74 Å². The van der Waals surface area contributed by atoms with Gasteiger partial charge in [0.15, 0.2) is 6.10 Å². The molecule has 5 nitrogen and oxygen atoms in total. The fraction of sp³-hybridized carbons (Fsp3) is 0.556. The van der Waals surface area contributed by atoms with Gasteiger partial charge in [0.05, 0.1) is 5.71 Å². The van der Waals surface area contributed by atoms with Gasteiger partial charge in [-0.05, 0) is 55.0 Å². The maximum Gasteiger partial charge on any atom is 0.344 e. The monoisotopic (exact) mass is 319 g/mol. The van der Waals surface area contributed by atoms with E-state index >= 15 is 0 Å². The number of carboxylic acids is 1. The van der Waals surface area contributed by atoms with Crippen LogP contribution in [0.5, 0.6) is 5.75 Å². The Hall–Kier alpha value is -2.04. The molecule has 1 saturated carbocycles. The van der Waals surface area contributed by atoms with Crippen LogP contribution in [0.2, 0.25) is 0 Å². The van der Waals surface area contributed by atoms with Crippen molar-refractivity contribution in [3.63, 3.8) is 0 Å². The summed E-state index contributed by atoms with van der Waals surface area (Å²) in [6.45, 7) is 3.65. The highest BCUT2D eigenvalue weighted by atomic mass is 16.5. The van der Waals surface area contributed by atoms with Gasteiger partial charge in [0.1, 0.15) is 5.75 Å². The standard InChI is InChI=1S/C18H25NO4/c1-3-16(18(20)21)23-17-9-8-14(10-12(17)2)15(19-22)11-13-6-4-5-7-13/h8-10,13,16,22H,3-7,11H2,1-2H3,(H,20,21)/b19-15+. The topological polar surface area (TPSA) is 79.1 Å². The van der Waals surface area contributed by atoms with Crippen LogP contribution in [0.15, 0.2) is 23.4 Å². The lowest BCUT2D eigenvalue weighted by Crippen LogP contribution is -2.26. The number of aryl methyl sites for hydroxylation is 1. The van der Waals surface area contributed by atoms with E-state index in [2.05, 4.69) is 5.16 Å². The molecule has 5 heteroatoms. The summed E-state index contributed by atoms with van der Waals surface area (Å²) in [5.41, 5.74) is 2.40. The average molecular weight is 319 g/mol. The van der Waals surface area contributed by atoms with E-state index in [1.807, 2.05) is 19.1 Å². The van der Waals surface area contributed by atoms with Crippen LogP contribution >= 0.6 is 0 Å². The first kappa shape index (κ1) is 17.3. The summed E-state index contributed by atoms with van der Waals surface area (Å²) in [6, 6.07) is 5.49. The van der Waals surface area contributed by atoms with Gasteiger partial charge in [-0.1, -0.05) is 37.8 Å². The number of benzene rings is 1. The molecule has 0 aliphatic heterocycles. The smallest absolute Gasteiger partial charge is 0.344 e. The molecular weight excluding hydrogens is 294 g/mol. The average Bonchev–Trinajstić information content (AvgIpc) is 3.04. The zero-order valence-electron chi connectivity index (χ0n) is 13.8. The van der Waals surface area contributed by atoms with Crippen molar-refractivity contribution in [3.05, 3.63) is 29.3 Å². The Labute approximate surface area is 137 Å². The number of carboxylic acid groups (broad SMARTS) is 1. The van der Waals surface area contributed by atoms with Crippen molar-refractivity contribution in [2.75, 3.05) is 0 Å². The Kier molecular flexibility index (Phi) is 6.02. The van der Waals surface area contributed by atoms with Crippen LogP contribution in [0.3, 0.4) is 0 Å². The molecule has 0 saturated heterocycles. The second-order valence-corrected chi connectivity index (χ2v) is 6.23. The summed E-state index contributed by atoms with van der Waals surface area (Å²) in [5, 5.41) is 21.9. The van der Waals surface area contributed by atoms with E-state index in [1.54, 1.807) is 13.0 Å². The molecule has 0 amide bonds. The van der Waals surface area contributed by atoms with Gasteiger partial charge in [-0.3, -0.25) is 0 Å². The third kappa shape index (κ3) is 4.47. The Morgan fingerprint density at radius 3 is 2.61 bits per heavy atom. The quantitative estimate of drug-likeness (QED) is 0.452. The number of nitrogens with zero attached hydrogens (tertiary/aromatic N) is 1. The maximum atomic E-state index is 11.1. The van der Waals surface area contributed by atoms with Gasteiger partial charge in [0.25, 0.3) is 0 Å². The van der Waals surface area contributed by atoms with Crippen molar-refractivity contribution in [2.45, 2.75) is 58.5 Å². The predicted molar refractivity (Wildman–Crippen MR) is 88.4 cm³/mol. The first-order valence-corrected chi connectivity index (χ1v) is 8.26. The van der Waals surface area contributed by atoms with Crippen molar-refractivity contribution in [3.8, 4) is 5.75 Å². The van der Waals surface area contributed by atoms with E-state index in [0.29, 0.717) is 23.8 Å². The molecule has 0 aromatic heterocycles. The normalized spacial score (nSPS) is 17.2. The van der Waals surface area contributed by atoms with Crippen molar-refractivity contribution in [1.82, 2.24) is 0 Å². The van der Waals surface area contributed by atoms with Crippen LogP contribution in [0.25, 0.3) is 0 Å². The Bertz CT molecular complexity index is 576. The van der Waals surface area contributed by atoms with Gasteiger partial charge < -0.3 is 15.1 Å². The Balaban J connectivity index is 2.12. The van der Waals surface area contributed by atoms with E-state index in [1.165, 1.54) is 25.7 Å². The molecule has 1 aliphatic rings. The van der Waals surface area contributed by atoms with Crippen molar-refractivity contribution in [1.29, 1.82) is 0 Å². The zero-order chi connectivity index (χ0) is 16.8. The number of rotatable bonds is 7. The number of carbonyl (C=O) groups is 1. The number of oxime groups is 1. The highest BCUT2D eigenvalue weighted by Crippen LogP contribution is 2.30. The third-order valence-corrected chi connectivity index (χ3v) is 4.50. The predicted octanol–water partition coefficient (Wildman–Crippen LogP) is 4.00. The van der Waals surface area contributed by atoms with E-state index in [-0.39, 0.29) is 0 Å².